The minimum atomic E-state index is -0.765. The molecule has 1 atom stereocenters. The average molecular weight is 323 g/mol. The summed E-state index contributed by atoms with van der Waals surface area (Å²) in [4.78, 5) is 11.0. The third kappa shape index (κ3) is 2.46. The Morgan fingerprint density at radius 3 is 2.92 bits per heavy atom. The Morgan fingerprint density at radius 2 is 2.08 bits per heavy atom. The fourth-order valence-electron chi connectivity index (χ4n) is 3.12. The van der Waals surface area contributed by atoms with Crippen LogP contribution in [0.2, 0.25) is 0 Å². The minimum Gasteiger partial charge on any atom is -0.493 e. The molecule has 1 aliphatic rings. The number of carbonyl (C=O) groups is 1. The smallest absolute Gasteiger partial charge is 0.405 e. The number of hydrogen-bond donors (Lipinski definition) is 1. The first-order chi connectivity index (χ1) is 11.6. The molecule has 0 radical (unpaired) electrons. The van der Waals surface area contributed by atoms with Gasteiger partial charge in [0.2, 0.25) is 0 Å². The Labute approximate surface area is 138 Å². The van der Waals surface area contributed by atoms with Crippen molar-refractivity contribution in [1.29, 1.82) is 0 Å². The fourth-order valence-corrected chi connectivity index (χ4v) is 3.12. The summed E-state index contributed by atoms with van der Waals surface area (Å²) in [5.74, 6) is 0.732. The van der Waals surface area contributed by atoms with Gasteiger partial charge in [-0.25, -0.2) is 4.79 Å². The van der Waals surface area contributed by atoms with Crippen LogP contribution in [-0.2, 0) is 11.8 Å². The van der Waals surface area contributed by atoms with Gasteiger partial charge < -0.3 is 15.2 Å². The first-order valence-electron chi connectivity index (χ1n) is 7.77. The molecular formula is C18H17N3O3. The van der Waals surface area contributed by atoms with Crippen LogP contribution in [0.3, 0.4) is 0 Å². The molecule has 1 aromatic heterocycles. The van der Waals surface area contributed by atoms with Crippen molar-refractivity contribution in [3.63, 3.8) is 0 Å². The van der Waals surface area contributed by atoms with Crippen LogP contribution in [0.15, 0.2) is 42.6 Å². The number of fused-ring (bicyclic) bond motifs is 2. The molecule has 1 unspecified atom stereocenters. The van der Waals surface area contributed by atoms with Crippen molar-refractivity contribution in [2.45, 2.75) is 12.5 Å². The highest BCUT2D eigenvalue weighted by Crippen LogP contribution is 2.37. The molecule has 2 heterocycles. The number of nitrogens with two attached hydrogens (primary N) is 1. The van der Waals surface area contributed by atoms with Gasteiger partial charge in [-0.15, -0.1) is 0 Å². The molecule has 0 bridgehead atoms. The van der Waals surface area contributed by atoms with Crippen LogP contribution >= 0.6 is 0 Å². The van der Waals surface area contributed by atoms with Gasteiger partial charge in [0, 0.05) is 24.4 Å². The van der Waals surface area contributed by atoms with E-state index in [1.807, 2.05) is 36.1 Å². The Kier molecular flexibility index (Phi) is 3.37. The maximum atomic E-state index is 11.0. The van der Waals surface area contributed by atoms with E-state index in [1.54, 1.807) is 0 Å². The van der Waals surface area contributed by atoms with Gasteiger partial charge in [0.05, 0.1) is 18.3 Å². The second-order valence-electron chi connectivity index (χ2n) is 5.86. The number of nitrogens with zero attached hydrogens (tertiary/aromatic N) is 2. The number of rotatable bonds is 2. The number of primary amides is 1. The summed E-state index contributed by atoms with van der Waals surface area (Å²) >= 11 is 0. The van der Waals surface area contributed by atoms with Crippen molar-refractivity contribution in [3.8, 4) is 16.9 Å². The molecule has 0 aliphatic carbocycles. The van der Waals surface area contributed by atoms with E-state index in [0.717, 1.165) is 33.3 Å². The highest BCUT2D eigenvalue weighted by Gasteiger charge is 2.24. The number of carbonyl (C=O) groups excluding carboxylic acids is 1. The van der Waals surface area contributed by atoms with Crippen LogP contribution in [0.1, 0.15) is 18.1 Å². The predicted octanol–water partition coefficient (Wildman–Crippen LogP) is 3.16. The number of aryl methyl sites for hydroxylation is 1. The van der Waals surface area contributed by atoms with E-state index >= 15 is 0 Å². The van der Waals surface area contributed by atoms with Gasteiger partial charge in [0.25, 0.3) is 0 Å². The van der Waals surface area contributed by atoms with Gasteiger partial charge in [-0.3, -0.25) is 4.68 Å². The topological polar surface area (TPSA) is 79.4 Å². The number of benzene rings is 2. The maximum absolute atomic E-state index is 11.0. The Balaban J connectivity index is 1.74. The van der Waals surface area contributed by atoms with Gasteiger partial charge in [-0.1, -0.05) is 24.3 Å². The SMILES string of the molecule is Cn1ncc2ccc(-c3ccc4c(c3)OCCC4OC(N)=O)cc21. The molecule has 4 rings (SSSR count). The standard InChI is InChI=1S/C18H17N3O3/c1-21-15-8-11(2-3-13(15)10-20-21)12-4-5-14-16(24-18(19)22)6-7-23-17(14)9-12/h2-5,8-10,16H,6-7H2,1H3,(H2,19,22). The van der Waals surface area contributed by atoms with Gasteiger partial charge >= 0.3 is 6.09 Å². The molecular weight excluding hydrogens is 306 g/mol. The summed E-state index contributed by atoms with van der Waals surface area (Å²) in [5, 5.41) is 5.37. The normalized spacial score (nSPS) is 16.5. The zero-order valence-electron chi connectivity index (χ0n) is 13.2. The van der Waals surface area contributed by atoms with Crippen molar-refractivity contribution >= 4 is 17.0 Å². The highest BCUT2D eigenvalue weighted by molar-refractivity contribution is 5.84. The van der Waals surface area contributed by atoms with Crippen molar-refractivity contribution in [3.05, 3.63) is 48.2 Å². The monoisotopic (exact) mass is 323 g/mol. The molecule has 24 heavy (non-hydrogen) atoms. The molecule has 0 fully saturated rings. The summed E-state index contributed by atoms with van der Waals surface area (Å²) < 4.78 is 12.8. The predicted molar refractivity (Wildman–Crippen MR) is 89.7 cm³/mol. The van der Waals surface area contributed by atoms with E-state index in [-0.39, 0.29) is 6.10 Å². The first kappa shape index (κ1) is 14.6. The molecule has 6 nitrogen and oxygen atoms in total. The molecule has 0 spiro atoms. The van der Waals surface area contributed by atoms with Crippen LogP contribution in [0.25, 0.3) is 22.0 Å². The van der Waals surface area contributed by atoms with Crippen molar-refractivity contribution < 1.29 is 14.3 Å². The van der Waals surface area contributed by atoms with Crippen molar-refractivity contribution in [2.24, 2.45) is 12.8 Å². The average Bonchev–Trinajstić information content (AvgIpc) is 2.95. The first-order valence-corrected chi connectivity index (χ1v) is 7.77. The lowest BCUT2D eigenvalue weighted by molar-refractivity contribution is 0.0766. The second kappa shape index (κ2) is 5.56. The third-order valence-electron chi connectivity index (χ3n) is 4.34. The molecule has 2 N–H and O–H groups in total. The Hall–Kier alpha value is -3.02. The third-order valence-corrected chi connectivity index (χ3v) is 4.34. The molecule has 2 aromatic carbocycles. The zero-order chi connectivity index (χ0) is 16.7. The molecule has 122 valence electrons. The molecule has 0 saturated carbocycles. The van der Waals surface area contributed by atoms with Crippen molar-refractivity contribution in [2.75, 3.05) is 6.61 Å². The van der Waals surface area contributed by atoms with Gasteiger partial charge in [-0.2, -0.15) is 5.10 Å². The Morgan fingerprint density at radius 1 is 1.29 bits per heavy atom. The number of hydrogen-bond acceptors (Lipinski definition) is 4. The van der Waals surface area contributed by atoms with E-state index < -0.39 is 6.09 Å². The second-order valence-corrected chi connectivity index (χ2v) is 5.86. The molecule has 3 aromatic rings. The van der Waals surface area contributed by atoms with E-state index in [4.69, 9.17) is 15.2 Å². The molecule has 1 aliphatic heterocycles. The van der Waals surface area contributed by atoms with Crippen molar-refractivity contribution in [1.82, 2.24) is 9.78 Å². The zero-order valence-corrected chi connectivity index (χ0v) is 13.2. The molecule has 1 amide bonds. The summed E-state index contributed by atoms with van der Waals surface area (Å²) in [6.45, 7) is 0.495. The van der Waals surface area contributed by atoms with Gasteiger partial charge in [-0.05, 0) is 23.3 Å². The lowest BCUT2D eigenvalue weighted by Crippen LogP contribution is -2.22. The molecule has 0 saturated heterocycles. The van der Waals surface area contributed by atoms with E-state index in [0.29, 0.717) is 13.0 Å². The summed E-state index contributed by atoms with van der Waals surface area (Å²) in [5.41, 5.74) is 9.19. The summed E-state index contributed by atoms with van der Waals surface area (Å²) in [7, 11) is 1.92. The lowest BCUT2D eigenvalue weighted by Gasteiger charge is -2.25. The van der Waals surface area contributed by atoms with Crippen LogP contribution < -0.4 is 10.5 Å². The van der Waals surface area contributed by atoms with Crippen LogP contribution in [0, 0.1) is 0 Å². The maximum Gasteiger partial charge on any atom is 0.405 e. The highest BCUT2D eigenvalue weighted by atomic mass is 16.6. The van der Waals surface area contributed by atoms with Gasteiger partial charge in [0.15, 0.2) is 0 Å². The fraction of sp³-hybridized carbons (Fsp3) is 0.222. The van der Waals surface area contributed by atoms with E-state index in [2.05, 4.69) is 23.3 Å². The largest absolute Gasteiger partial charge is 0.493 e. The Bertz CT molecular complexity index is 932. The number of aromatic nitrogens is 2. The lowest BCUT2D eigenvalue weighted by atomic mass is 9.97. The molecule has 6 heteroatoms. The number of amides is 1. The quantitative estimate of drug-likeness (QED) is 0.785. The van der Waals surface area contributed by atoms with E-state index in [1.165, 1.54) is 0 Å². The van der Waals surface area contributed by atoms with E-state index in [9.17, 15) is 4.79 Å². The van der Waals surface area contributed by atoms with Gasteiger partial charge in [0.1, 0.15) is 11.9 Å². The number of ether oxygens (including phenoxy) is 2. The van der Waals surface area contributed by atoms with Crippen LogP contribution in [0.4, 0.5) is 4.79 Å². The minimum absolute atomic E-state index is 0.347. The van der Waals surface area contributed by atoms with Crippen LogP contribution in [0.5, 0.6) is 5.75 Å². The summed E-state index contributed by atoms with van der Waals surface area (Å²) in [6, 6.07) is 12.1. The van der Waals surface area contributed by atoms with Crippen LogP contribution in [-0.4, -0.2) is 22.5 Å². The summed E-state index contributed by atoms with van der Waals surface area (Å²) in [6.07, 6.45) is 1.34.